The highest BCUT2D eigenvalue weighted by Gasteiger charge is 2.17. The fourth-order valence-electron chi connectivity index (χ4n) is 6.31. The van der Waals surface area contributed by atoms with Gasteiger partial charge in [0, 0.05) is 0 Å². The number of hydrogen-bond donors (Lipinski definition) is 0. The van der Waals surface area contributed by atoms with Crippen molar-refractivity contribution in [2.45, 2.75) is 13.8 Å². The van der Waals surface area contributed by atoms with Crippen molar-refractivity contribution in [3.63, 3.8) is 0 Å². The van der Waals surface area contributed by atoms with Gasteiger partial charge in [0.15, 0.2) is 0 Å². The molecule has 0 saturated carbocycles. The van der Waals surface area contributed by atoms with E-state index in [4.69, 9.17) is 0 Å². The summed E-state index contributed by atoms with van der Waals surface area (Å²) in [6, 6.07) is 51.1. The highest BCUT2D eigenvalue weighted by atomic mass is 14.2. The SMILES string of the molecule is CC=CC(=CC)c1ccc(-c2c3ccccc3c(-c3ccc(-c4ccccc4)cc3)c3cc4ccccc4cc23)cc1. The van der Waals surface area contributed by atoms with Gasteiger partial charge in [-0.2, -0.15) is 0 Å². The molecule has 0 radical (unpaired) electrons. The number of allylic oxidation sites excluding steroid dienone is 4. The summed E-state index contributed by atoms with van der Waals surface area (Å²) in [4.78, 5) is 0. The largest absolute Gasteiger partial charge is 0.0871 e. The van der Waals surface area contributed by atoms with Crippen LogP contribution in [-0.4, -0.2) is 0 Å². The van der Waals surface area contributed by atoms with E-state index in [0.717, 1.165) is 0 Å². The van der Waals surface area contributed by atoms with E-state index in [1.165, 1.54) is 76.8 Å². The first kappa shape index (κ1) is 25.7. The van der Waals surface area contributed by atoms with Gasteiger partial charge in [-0.1, -0.05) is 146 Å². The second-order valence-corrected chi connectivity index (χ2v) is 10.8. The summed E-state index contributed by atoms with van der Waals surface area (Å²) >= 11 is 0. The summed E-state index contributed by atoms with van der Waals surface area (Å²) in [5, 5.41) is 7.62. The smallest absolute Gasteiger partial charge is 0.00261 e. The Bertz CT molecular complexity index is 2110. The molecule has 42 heavy (non-hydrogen) atoms. The summed E-state index contributed by atoms with van der Waals surface area (Å²) in [7, 11) is 0. The van der Waals surface area contributed by atoms with Gasteiger partial charge in [0.05, 0.1) is 0 Å². The molecule has 0 amide bonds. The van der Waals surface area contributed by atoms with Gasteiger partial charge >= 0.3 is 0 Å². The number of fused-ring (bicyclic) bond motifs is 3. The lowest BCUT2D eigenvalue weighted by Gasteiger charge is -2.19. The van der Waals surface area contributed by atoms with Crippen LogP contribution < -0.4 is 0 Å². The summed E-state index contributed by atoms with van der Waals surface area (Å²) in [5.74, 6) is 0. The Morgan fingerprint density at radius 2 is 0.881 bits per heavy atom. The summed E-state index contributed by atoms with van der Waals surface area (Å²) < 4.78 is 0. The van der Waals surface area contributed by atoms with E-state index in [0.29, 0.717) is 0 Å². The maximum atomic E-state index is 2.39. The van der Waals surface area contributed by atoms with Crippen LogP contribution in [0.25, 0.3) is 71.3 Å². The topological polar surface area (TPSA) is 0 Å². The van der Waals surface area contributed by atoms with Crippen LogP contribution >= 0.6 is 0 Å². The molecule has 7 aromatic rings. The van der Waals surface area contributed by atoms with Crippen LogP contribution in [0.4, 0.5) is 0 Å². The third-order valence-corrected chi connectivity index (χ3v) is 8.34. The van der Waals surface area contributed by atoms with E-state index in [2.05, 4.69) is 172 Å². The monoisotopic (exact) mass is 536 g/mol. The van der Waals surface area contributed by atoms with Gasteiger partial charge in [-0.15, -0.1) is 0 Å². The first-order chi connectivity index (χ1) is 20.7. The van der Waals surface area contributed by atoms with E-state index in [9.17, 15) is 0 Å². The second kappa shape index (κ2) is 11.0. The van der Waals surface area contributed by atoms with Crippen molar-refractivity contribution in [1.29, 1.82) is 0 Å². The Balaban J connectivity index is 1.51. The van der Waals surface area contributed by atoms with Crippen molar-refractivity contribution < 1.29 is 0 Å². The fourth-order valence-corrected chi connectivity index (χ4v) is 6.31. The van der Waals surface area contributed by atoms with E-state index >= 15 is 0 Å². The van der Waals surface area contributed by atoms with Gasteiger partial charge in [0.25, 0.3) is 0 Å². The lowest BCUT2D eigenvalue weighted by atomic mass is 9.84. The Morgan fingerprint density at radius 1 is 0.429 bits per heavy atom. The molecular formula is C42H32. The molecule has 7 rings (SSSR count). The molecule has 0 fully saturated rings. The van der Waals surface area contributed by atoms with Crippen LogP contribution in [0, 0.1) is 0 Å². The van der Waals surface area contributed by atoms with Crippen molar-refractivity contribution >= 4 is 37.9 Å². The molecule has 0 aliphatic carbocycles. The van der Waals surface area contributed by atoms with Gasteiger partial charge in [-0.3, -0.25) is 0 Å². The fraction of sp³-hybridized carbons (Fsp3) is 0.0476. The van der Waals surface area contributed by atoms with E-state index in [1.807, 2.05) is 0 Å². The maximum Gasteiger partial charge on any atom is -0.00261 e. The molecule has 0 atom stereocenters. The van der Waals surface area contributed by atoms with Crippen LogP contribution in [0.5, 0.6) is 0 Å². The van der Waals surface area contributed by atoms with Crippen LogP contribution in [0.15, 0.2) is 158 Å². The Labute approximate surface area is 247 Å². The minimum absolute atomic E-state index is 1.23. The van der Waals surface area contributed by atoms with Gasteiger partial charge in [-0.05, 0) is 103 Å². The normalized spacial score (nSPS) is 12.1. The Morgan fingerprint density at radius 3 is 1.40 bits per heavy atom. The van der Waals surface area contributed by atoms with Crippen LogP contribution in [0.2, 0.25) is 0 Å². The van der Waals surface area contributed by atoms with Crippen molar-refractivity contribution in [2.75, 3.05) is 0 Å². The molecule has 0 aromatic heterocycles. The van der Waals surface area contributed by atoms with Gasteiger partial charge in [0.1, 0.15) is 0 Å². The van der Waals surface area contributed by atoms with Gasteiger partial charge in [-0.25, -0.2) is 0 Å². The minimum atomic E-state index is 1.23. The lowest BCUT2D eigenvalue weighted by molar-refractivity contribution is 1.58. The molecule has 0 unspecified atom stereocenters. The molecule has 0 N–H and O–H groups in total. The minimum Gasteiger partial charge on any atom is -0.0871 e. The van der Waals surface area contributed by atoms with Crippen molar-refractivity contribution in [2.24, 2.45) is 0 Å². The molecule has 0 heterocycles. The summed E-state index contributed by atoms with van der Waals surface area (Å²) in [5.41, 5.74) is 9.97. The summed E-state index contributed by atoms with van der Waals surface area (Å²) in [6.07, 6.45) is 6.44. The molecule has 200 valence electrons. The van der Waals surface area contributed by atoms with E-state index < -0.39 is 0 Å². The quantitative estimate of drug-likeness (QED) is 0.152. The highest BCUT2D eigenvalue weighted by Crippen LogP contribution is 2.45. The Kier molecular flexibility index (Phi) is 6.74. The van der Waals surface area contributed by atoms with Crippen LogP contribution in [0.1, 0.15) is 19.4 Å². The van der Waals surface area contributed by atoms with Crippen molar-refractivity contribution in [3.8, 4) is 33.4 Å². The maximum absolute atomic E-state index is 2.39. The molecule has 0 aliphatic heterocycles. The number of hydrogen-bond acceptors (Lipinski definition) is 0. The van der Waals surface area contributed by atoms with Crippen molar-refractivity contribution in [1.82, 2.24) is 0 Å². The first-order valence-corrected chi connectivity index (χ1v) is 14.7. The highest BCUT2D eigenvalue weighted by molar-refractivity contribution is 6.23. The molecule has 0 bridgehead atoms. The zero-order valence-corrected chi connectivity index (χ0v) is 24.0. The molecular weight excluding hydrogens is 504 g/mol. The van der Waals surface area contributed by atoms with Gasteiger partial charge < -0.3 is 0 Å². The van der Waals surface area contributed by atoms with E-state index in [-0.39, 0.29) is 0 Å². The Hall–Kier alpha value is -5.20. The number of rotatable bonds is 5. The third-order valence-electron chi connectivity index (χ3n) is 8.34. The zero-order valence-electron chi connectivity index (χ0n) is 24.0. The zero-order chi connectivity index (χ0) is 28.5. The standard InChI is InChI=1S/C42H32/c1-3-12-29(4-2)31-19-23-33(24-20-31)41-37-17-10-11-18-38(37)42(40-28-36-16-9-8-15-35(36)27-39(40)41)34-25-21-32(22-26-34)30-13-6-5-7-14-30/h3-28H,1-2H3. The second-order valence-electron chi connectivity index (χ2n) is 10.8. The van der Waals surface area contributed by atoms with Gasteiger partial charge in [0.2, 0.25) is 0 Å². The number of benzene rings is 7. The summed E-state index contributed by atoms with van der Waals surface area (Å²) in [6.45, 7) is 4.16. The lowest BCUT2D eigenvalue weighted by Crippen LogP contribution is -1.92. The molecule has 0 spiro atoms. The molecule has 7 aromatic carbocycles. The third kappa shape index (κ3) is 4.52. The first-order valence-electron chi connectivity index (χ1n) is 14.7. The molecule has 0 nitrogen and oxygen atoms in total. The van der Waals surface area contributed by atoms with Crippen LogP contribution in [0.3, 0.4) is 0 Å². The average Bonchev–Trinajstić information content (AvgIpc) is 3.06. The molecule has 0 saturated heterocycles. The van der Waals surface area contributed by atoms with E-state index in [1.54, 1.807) is 0 Å². The van der Waals surface area contributed by atoms with Crippen LogP contribution in [-0.2, 0) is 0 Å². The molecule has 0 heteroatoms. The average molecular weight is 537 g/mol. The molecule has 0 aliphatic rings. The van der Waals surface area contributed by atoms with Crippen molar-refractivity contribution in [3.05, 3.63) is 163 Å². The predicted octanol–water partition coefficient (Wildman–Crippen LogP) is 12.1. The predicted molar refractivity (Wildman–Crippen MR) is 184 cm³/mol.